The van der Waals surface area contributed by atoms with Crippen molar-refractivity contribution < 1.29 is 13.3 Å². The zero-order valence-electron chi connectivity index (χ0n) is 12.6. The molecule has 0 spiro atoms. The number of hydrogen-bond acceptors (Lipinski definition) is 3. The van der Waals surface area contributed by atoms with Gasteiger partial charge in [0.05, 0.1) is 0 Å². The quantitative estimate of drug-likeness (QED) is 0.606. The first-order chi connectivity index (χ1) is 10.3. The van der Waals surface area contributed by atoms with Crippen molar-refractivity contribution in [1.29, 1.82) is 0 Å². The minimum Gasteiger partial charge on any atom is -0.373 e. The van der Waals surface area contributed by atoms with Crippen LogP contribution in [0.15, 0.2) is 54.6 Å². The minimum absolute atomic E-state index is 0.963. The highest BCUT2D eigenvalue weighted by Gasteiger charge is 2.42. The van der Waals surface area contributed by atoms with Crippen LogP contribution in [0.2, 0.25) is 0 Å². The van der Waals surface area contributed by atoms with Gasteiger partial charge in [0.2, 0.25) is 0 Å². The van der Waals surface area contributed by atoms with Gasteiger partial charge in [-0.25, -0.2) is 0 Å². The minimum atomic E-state index is -2.83. The van der Waals surface area contributed by atoms with Gasteiger partial charge >= 0.3 is 8.80 Å². The summed E-state index contributed by atoms with van der Waals surface area (Å²) >= 11 is 0. The fourth-order valence-electron chi connectivity index (χ4n) is 2.25. The molecule has 21 heavy (non-hydrogen) atoms. The molecule has 0 fully saturated rings. The van der Waals surface area contributed by atoms with Crippen LogP contribution >= 0.6 is 0 Å². The first kappa shape index (κ1) is 15.7. The fourth-order valence-corrected chi connectivity index (χ4v) is 4.23. The topological polar surface area (TPSA) is 27.7 Å². The molecule has 3 nitrogen and oxygen atoms in total. The van der Waals surface area contributed by atoms with Gasteiger partial charge in [-0.1, -0.05) is 66.7 Å². The van der Waals surface area contributed by atoms with Crippen molar-refractivity contribution in [1.82, 2.24) is 0 Å². The monoisotopic (exact) mass is 300 g/mol. The van der Waals surface area contributed by atoms with Gasteiger partial charge in [0.25, 0.3) is 0 Å². The third-order valence-corrected chi connectivity index (χ3v) is 6.08. The first-order valence-corrected chi connectivity index (χ1v) is 8.46. The van der Waals surface area contributed by atoms with E-state index in [-0.39, 0.29) is 0 Å². The Morgan fingerprint density at radius 3 is 1.90 bits per heavy atom. The molecular formula is C17H20O3Si. The van der Waals surface area contributed by atoms with E-state index in [1.807, 2.05) is 42.5 Å². The van der Waals surface area contributed by atoms with Crippen LogP contribution in [0.4, 0.5) is 0 Å². The molecule has 0 aliphatic heterocycles. The summed E-state index contributed by atoms with van der Waals surface area (Å²) in [5.74, 6) is 0. The molecule has 110 valence electrons. The molecule has 2 aromatic carbocycles. The van der Waals surface area contributed by atoms with Crippen molar-refractivity contribution >= 4 is 26.1 Å². The Morgan fingerprint density at radius 2 is 1.29 bits per heavy atom. The van der Waals surface area contributed by atoms with Gasteiger partial charge < -0.3 is 13.3 Å². The summed E-state index contributed by atoms with van der Waals surface area (Å²) in [4.78, 5) is 0. The SMILES string of the molecule is CO[Si](OC)(OC)c1ccccc1C=Cc1ccccc1. The van der Waals surface area contributed by atoms with Crippen LogP contribution in [0.3, 0.4) is 0 Å². The molecule has 2 aromatic rings. The van der Waals surface area contributed by atoms with E-state index >= 15 is 0 Å². The normalized spacial score (nSPS) is 12.0. The summed E-state index contributed by atoms with van der Waals surface area (Å²) in [7, 11) is 2.04. The van der Waals surface area contributed by atoms with E-state index in [1.165, 1.54) is 0 Å². The number of benzene rings is 2. The lowest BCUT2D eigenvalue weighted by Gasteiger charge is -2.25. The van der Waals surface area contributed by atoms with Crippen molar-refractivity contribution in [3.05, 3.63) is 65.7 Å². The Balaban J connectivity index is 2.39. The summed E-state index contributed by atoms with van der Waals surface area (Å²) in [6.45, 7) is 0. The van der Waals surface area contributed by atoms with E-state index in [1.54, 1.807) is 21.3 Å². The molecule has 2 rings (SSSR count). The highest BCUT2D eigenvalue weighted by atomic mass is 28.4. The van der Waals surface area contributed by atoms with Gasteiger partial charge in [-0.15, -0.1) is 0 Å². The van der Waals surface area contributed by atoms with Crippen LogP contribution in [-0.2, 0) is 13.3 Å². The Bertz CT molecular complexity index is 584. The molecule has 0 saturated heterocycles. The molecule has 0 aromatic heterocycles. The van der Waals surface area contributed by atoms with Gasteiger partial charge in [0.15, 0.2) is 0 Å². The van der Waals surface area contributed by atoms with Crippen LogP contribution in [0.25, 0.3) is 12.2 Å². The second-order valence-corrected chi connectivity index (χ2v) is 7.38. The molecule has 0 bridgehead atoms. The van der Waals surface area contributed by atoms with Crippen LogP contribution in [0, 0.1) is 0 Å². The summed E-state index contributed by atoms with van der Waals surface area (Å²) in [5.41, 5.74) is 2.19. The molecule has 0 saturated carbocycles. The first-order valence-electron chi connectivity index (χ1n) is 6.74. The average molecular weight is 300 g/mol. The molecule has 0 N–H and O–H groups in total. The lowest BCUT2D eigenvalue weighted by Crippen LogP contribution is -2.55. The maximum atomic E-state index is 5.58. The number of hydrogen-bond donors (Lipinski definition) is 0. The molecule has 0 aliphatic carbocycles. The summed E-state index contributed by atoms with van der Waals surface area (Å²) in [5, 5.41) is 0.963. The second-order valence-electron chi connectivity index (χ2n) is 4.50. The van der Waals surface area contributed by atoms with Crippen LogP contribution in [-0.4, -0.2) is 30.1 Å². The molecule has 0 unspecified atom stereocenters. The maximum Gasteiger partial charge on any atom is 0.537 e. The molecule has 0 heterocycles. The molecule has 0 amide bonds. The highest BCUT2D eigenvalue weighted by molar-refractivity contribution is 6.76. The lowest BCUT2D eigenvalue weighted by molar-refractivity contribution is 0.140. The molecule has 4 heteroatoms. The van der Waals surface area contributed by atoms with Crippen LogP contribution in [0.5, 0.6) is 0 Å². The van der Waals surface area contributed by atoms with E-state index in [4.69, 9.17) is 13.3 Å². The summed E-state index contributed by atoms with van der Waals surface area (Å²) in [6, 6.07) is 18.2. The van der Waals surface area contributed by atoms with Gasteiger partial charge in [-0.2, -0.15) is 0 Å². The van der Waals surface area contributed by atoms with Gasteiger partial charge in [-0.3, -0.25) is 0 Å². The van der Waals surface area contributed by atoms with Gasteiger partial charge in [0.1, 0.15) is 0 Å². The molecular weight excluding hydrogens is 280 g/mol. The third kappa shape index (κ3) is 3.48. The van der Waals surface area contributed by atoms with Crippen molar-refractivity contribution in [3.63, 3.8) is 0 Å². The smallest absolute Gasteiger partial charge is 0.373 e. The van der Waals surface area contributed by atoms with E-state index in [0.717, 1.165) is 16.3 Å². The Labute approximate surface area is 127 Å². The molecule has 0 aliphatic rings. The zero-order chi connectivity index (χ0) is 15.1. The summed E-state index contributed by atoms with van der Waals surface area (Å²) < 4.78 is 16.7. The van der Waals surface area contributed by atoms with E-state index < -0.39 is 8.80 Å². The third-order valence-electron chi connectivity index (χ3n) is 3.35. The van der Waals surface area contributed by atoms with E-state index in [2.05, 4.69) is 24.3 Å². The highest BCUT2D eigenvalue weighted by Crippen LogP contribution is 2.13. The van der Waals surface area contributed by atoms with Gasteiger partial charge in [0, 0.05) is 26.5 Å². The van der Waals surface area contributed by atoms with Crippen molar-refractivity contribution in [2.24, 2.45) is 0 Å². The van der Waals surface area contributed by atoms with Gasteiger partial charge in [-0.05, 0) is 11.1 Å². The predicted octanol–water partition coefficient (Wildman–Crippen LogP) is 2.94. The standard InChI is InChI=1S/C17H20O3Si/c1-18-21(19-2,20-3)17-12-8-7-11-16(17)14-13-15-9-5-4-6-10-15/h4-14H,1-3H3. The maximum absolute atomic E-state index is 5.58. The largest absolute Gasteiger partial charge is 0.537 e. The van der Waals surface area contributed by atoms with Crippen LogP contribution < -0.4 is 5.19 Å². The molecule has 0 radical (unpaired) electrons. The Morgan fingerprint density at radius 1 is 0.714 bits per heavy atom. The van der Waals surface area contributed by atoms with Crippen LogP contribution in [0.1, 0.15) is 11.1 Å². The second kappa shape index (κ2) is 7.33. The predicted molar refractivity (Wildman–Crippen MR) is 88.2 cm³/mol. The number of rotatable bonds is 6. The molecule has 0 atom stereocenters. The Hall–Kier alpha value is -1.72. The summed E-state index contributed by atoms with van der Waals surface area (Å²) in [6.07, 6.45) is 4.13. The van der Waals surface area contributed by atoms with E-state index in [9.17, 15) is 0 Å². The van der Waals surface area contributed by atoms with Crippen molar-refractivity contribution in [2.75, 3.05) is 21.3 Å². The lowest BCUT2D eigenvalue weighted by atomic mass is 10.1. The van der Waals surface area contributed by atoms with Crippen molar-refractivity contribution in [2.45, 2.75) is 0 Å². The zero-order valence-corrected chi connectivity index (χ0v) is 13.6. The van der Waals surface area contributed by atoms with E-state index in [0.29, 0.717) is 0 Å². The van der Waals surface area contributed by atoms with Crippen molar-refractivity contribution in [3.8, 4) is 0 Å². The Kier molecular flexibility index (Phi) is 5.47. The fraction of sp³-hybridized carbons (Fsp3) is 0.176. The average Bonchev–Trinajstić information content (AvgIpc) is 2.57.